The molecule has 0 aliphatic carbocycles. The minimum Gasteiger partial charge on any atom is -0.508 e. The third-order valence-corrected chi connectivity index (χ3v) is 3.16. The highest BCUT2D eigenvalue weighted by molar-refractivity contribution is 5.28. The van der Waals surface area contributed by atoms with E-state index < -0.39 is 5.67 Å². The average Bonchev–Trinajstić information content (AvgIpc) is 2.43. The molecule has 0 spiro atoms. The molecule has 1 saturated heterocycles. The van der Waals surface area contributed by atoms with Crippen LogP contribution in [-0.4, -0.2) is 23.9 Å². The summed E-state index contributed by atoms with van der Waals surface area (Å²) >= 11 is 0. The van der Waals surface area contributed by atoms with Crippen molar-refractivity contribution >= 4 is 0 Å². The molecule has 0 bridgehead atoms. The van der Waals surface area contributed by atoms with Crippen molar-refractivity contribution in [3.05, 3.63) is 29.8 Å². The summed E-state index contributed by atoms with van der Waals surface area (Å²) in [5, 5.41) is 12.6. The summed E-state index contributed by atoms with van der Waals surface area (Å²) in [7, 11) is 0. The zero-order valence-corrected chi connectivity index (χ0v) is 9.38. The quantitative estimate of drug-likeness (QED) is 0.807. The molecule has 3 heteroatoms. The van der Waals surface area contributed by atoms with Gasteiger partial charge in [0.05, 0.1) is 0 Å². The molecule has 1 aromatic rings. The Labute approximate surface area is 95.5 Å². The molecule has 2 nitrogen and oxygen atoms in total. The molecule has 1 aromatic carbocycles. The van der Waals surface area contributed by atoms with Crippen LogP contribution in [0.15, 0.2) is 24.3 Å². The number of hydrogen-bond acceptors (Lipinski definition) is 2. The Balaban J connectivity index is 2.06. The lowest BCUT2D eigenvalue weighted by atomic mass is 9.89. The Bertz CT molecular complexity index is 346. The molecule has 1 fully saturated rings. The van der Waals surface area contributed by atoms with E-state index in [2.05, 4.69) is 5.32 Å². The third-order valence-electron chi connectivity index (χ3n) is 3.16. The molecule has 0 aromatic heterocycles. The average molecular weight is 223 g/mol. The zero-order valence-electron chi connectivity index (χ0n) is 9.38. The molecule has 1 atom stereocenters. The molecule has 2 rings (SSSR count). The van der Waals surface area contributed by atoms with Gasteiger partial charge in [-0.2, -0.15) is 0 Å². The van der Waals surface area contributed by atoms with Gasteiger partial charge < -0.3 is 10.4 Å². The van der Waals surface area contributed by atoms with Gasteiger partial charge in [-0.3, -0.25) is 0 Å². The molecule has 16 heavy (non-hydrogen) atoms. The summed E-state index contributed by atoms with van der Waals surface area (Å²) in [6.07, 6.45) is 2.46. The smallest absolute Gasteiger partial charge is 0.116 e. The van der Waals surface area contributed by atoms with E-state index in [9.17, 15) is 9.50 Å². The van der Waals surface area contributed by atoms with Gasteiger partial charge in [0.2, 0.25) is 0 Å². The van der Waals surface area contributed by atoms with Gasteiger partial charge in [-0.15, -0.1) is 0 Å². The fourth-order valence-electron chi connectivity index (χ4n) is 2.30. The number of alkyl halides is 1. The lowest BCUT2D eigenvalue weighted by Crippen LogP contribution is -2.27. The van der Waals surface area contributed by atoms with Gasteiger partial charge in [0.1, 0.15) is 11.4 Å². The monoisotopic (exact) mass is 223 g/mol. The molecular formula is C13H18FNO. The summed E-state index contributed by atoms with van der Waals surface area (Å²) in [4.78, 5) is 0. The maximum Gasteiger partial charge on any atom is 0.116 e. The molecule has 2 N–H and O–H groups in total. The van der Waals surface area contributed by atoms with Crippen LogP contribution >= 0.6 is 0 Å². The van der Waals surface area contributed by atoms with E-state index in [1.165, 1.54) is 0 Å². The minimum atomic E-state index is -1.11. The second kappa shape index (κ2) is 4.83. The third kappa shape index (κ3) is 2.95. The number of nitrogens with one attached hydrogen (secondary N) is 1. The van der Waals surface area contributed by atoms with Crippen molar-refractivity contribution in [3.8, 4) is 5.75 Å². The first-order valence-corrected chi connectivity index (χ1v) is 5.86. The van der Waals surface area contributed by atoms with Crippen LogP contribution in [0.1, 0.15) is 24.8 Å². The van der Waals surface area contributed by atoms with Crippen LogP contribution in [0.2, 0.25) is 0 Å². The van der Waals surface area contributed by atoms with Crippen molar-refractivity contribution in [2.24, 2.45) is 0 Å². The van der Waals surface area contributed by atoms with E-state index >= 15 is 0 Å². The van der Waals surface area contributed by atoms with Gasteiger partial charge in [-0.1, -0.05) is 12.1 Å². The van der Waals surface area contributed by atoms with E-state index in [4.69, 9.17) is 0 Å². The Hall–Kier alpha value is -1.09. The van der Waals surface area contributed by atoms with Crippen LogP contribution in [-0.2, 0) is 6.42 Å². The fraction of sp³-hybridized carbons (Fsp3) is 0.538. The Morgan fingerprint density at radius 1 is 1.31 bits per heavy atom. The van der Waals surface area contributed by atoms with E-state index in [0.29, 0.717) is 19.3 Å². The SMILES string of the molecule is Oc1cccc(CC2(F)CCCNCC2)c1. The maximum atomic E-state index is 14.5. The highest BCUT2D eigenvalue weighted by Gasteiger charge is 2.30. The molecule has 88 valence electrons. The predicted octanol–water partition coefficient (Wildman–Crippen LogP) is 2.42. The Morgan fingerprint density at radius 2 is 2.19 bits per heavy atom. The number of phenolic OH excluding ortho intramolecular Hbond substituents is 1. The number of hydrogen-bond donors (Lipinski definition) is 2. The number of halogens is 1. The standard InChI is InChI=1S/C13H18FNO/c14-13(5-2-7-15-8-6-13)10-11-3-1-4-12(16)9-11/h1,3-4,9,15-16H,2,5-8,10H2. The van der Waals surface area contributed by atoms with Crippen LogP contribution in [0.4, 0.5) is 4.39 Å². The molecule has 1 heterocycles. The molecule has 1 aliphatic rings. The number of phenols is 1. The number of aromatic hydroxyl groups is 1. The maximum absolute atomic E-state index is 14.5. The van der Waals surface area contributed by atoms with Crippen LogP contribution in [0.25, 0.3) is 0 Å². The van der Waals surface area contributed by atoms with Crippen molar-refractivity contribution in [2.75, 3.05) is 13.1 Å². The summed E-state index contributed by atoms with van der Waals surface area (Å²) in [6, 6.07) is 6.91. The van der Waals surface area contributed by atoms with Crippen molar-refractivity contribution in [1.29, 1.82) is 0 Å². The van der Waals surface area contributed by atoms with Crippen LogP contribution in [0, 0.1) is 0 Å². The summed E-state index contributed by atoms with van der Waals surface area (Å²) < 4.78 is 14.5. The van der Waals surface area contributed by atoms with Crippen LogP contribution < -0.4 is 5.32 Å². The zero-order chi connectivity index (χ0) is 11.4. The minimum absolute atomic E-state index is 0.216. The summed E-state index contributed by atoms with van der Waals surface area (Å²) in [5.74, 6) is 0.216. The molecular weight excluding hydrogens is 205 g/mol. The van der Waals surface area contributed by atoms with Gasteiger partial charge in [0.15, 0.2) is 0 Å². The predicted molar refractivity (Wildman–Crippen MR) is 62.4 cm³/mol. The van der Waals surface area contributed by atoms with Crippen molar-refractivity contribution in [3.63, 3.8) is 0 Å². The molecule has 1 unspecified atom stereocenters. The molecule has 0 saturated carbocycles. The lowest BCUT2D eigenvalue weighted by Gasteiger charge is -2.23. The van der Waals surface area contributed by atoms with E-state index in [-0.39, 0.29) is 5.75 Å². The van der Waals surface area contributed by atoms with Gasteiger partial charge in [0.25, 0.3) is 0 Å². The largest absolute Gasteiger partial charge is 0.508 e. The van der Waals surface area contributed by atoms with Crippen molar-refractivity contribution < 1.29 is 9.50 Å². The van der Waals surface area contributed by atoms with Crippen LogP contribution in [0.5, 0.6) is 5.75 Å². The number of benzene rings is 1. The Kier molecular flexibility index (Phi) is 3.44. The number of rotatable bonds is 2. The first-order chi connectivity index (χ1) is 7.68. The first kappa shape index (κ1) is 11.4. The highest BCUT2D eigenvalue weighted by Crippen LogP contribution is 2.29. The second-order valence-corrected chi connectivity index (χ2v) is 4.60. The normalized spacial score (nSPS) is 26.3. The van der Waals surface area contributed by atoms with Gasteiger partial charge >= 0.3 is 0 Å². The molecule has 0 amide bonds. The summed E-state index contributed by atoms with van der Waals surface area (Å²) in [5.41, 5.74) is -0.235. The van der Waals surface area contributed by atoms with Crippen LogP contribution in [0.3, 0.4) is 0 Å². The second-order valence-electron chi connectivity index (χ2n) is 4.60. The van der Waals surface area contributed by atoms with E-state index in [1.54, 1.807) is 18.2 Å². The van der Waals surface area contributed by atoms with E-state index in [1.807, 2.05) is 6.07 Å². The van der Waals surface area contributed by atoms with Gasteiger partial charge in [0, 0.05) is 6.42 Å². The summed E-state index contributed by atoms with van der Waals surface area (Å²) in [6.45, 7) is 1.65. The van der Waals surface area contributed by atoms with Gasteiger partial charge in [-0.25, -0.2) is 4.39 Å². The van der Waals surface area contributed by atoms with E-state index in [0.717, 1.165) is 25.1 Å². The van der Waals surface area contributed by atoms with Crippen molar-refractivity contribution in [1.82, 2.24) is 5.32 Å². The molecule has 1 aliphatic heterocycles. The van der Waals surface area contributed by atoms with Crippen molar-refractivity contribution in [2.45, 2.75) is 31.4 Å². The fourth-order valence-corrected chi connectivity index (χ4v) is 2.30. The van der Waals surface area contributed by atoms with Gasteiger partial charge in [-0.05, 0) is 50.0 Å². The molecule has 0 radical (unpaired) electrons. The Morgan fingerprint density at radius 3 is 3.00 bits per heavy atom. The lowest BCUT2D eigenvalue weighted by molar-refractivity contribution is 0.144. The topological polar surface area (TPSA) is 32.3 Å². The first-order valence-electron chi connectivity index (χ1n) is 5.86. The highest BCUT2D eigenvalue weighted by atomic mass is 19.1.